The number of nitrogens with two attached hydrogens (primary N) is 1. The summed E-state index contributed by atoms with van der Waals surface area (Å²) in [5.41, 5.74) is 8.52. The maximum Gasteiger partial charge on any atom is 0.122 e. The highest BCUT2D eigenvalue weighted by atomic mass is 16.5. The molecule has 1 aromatic carbocycles. The first-order valence-electron chi connectivity index (χ1n) is 6.67. The van der Waals surface area contributed by atoms with E-state index < -0.39 is 0 Å². The molecule has 0 fully saturated rings. The van der Waals surface area contributed by atoms with Gasteiger partial charge in [0.15, 0.2) is 0 Å². The Morgan fingerprint density at radius 2 is 2.00 bits per heavy atom. The predicted molar refractivity (Wildman–Crippen MR) is 73.6 cm³/mol. The van der Waals surface area contributed by atoms with Gasteiger partial charge in [0.05, 0.1) is 6.61 Å². The smallest absolute Gasteiger partial charge is 0.122 e. The molecule has 17 heavy (non-hydrogen) atoms. The van der Waals surface area contributed by atoms with Crippen molar-refractivity contribution in [1.82, 2.24) is 0 Å². The fourth-order valence-electron chi connectivity index (χ4n) is 1.94. The summed E-state index contributed by atoms with van der Waals surface area (Å²) in [5, 5.41) is 0. The maximum atomic E-state index is 5.89. The van der Waals surface area contributed by atoms with Gasteiger partial charge in [0.1, 0.15) is 5.75 Å². The Morgan fingerprint density at radius 3 is 2.59 bits per heavy atom. The normalized spacial score (nSPS) is 12.5. The summed E-state index contributed by atoms with van der Waals surface area (Å²) in [6.45, 7) is 7.14. The van der Waals surface area contributed by atoms with E-state index in [9.17, 15) is 0 Å². The Labute approximate surface area is 105 Å². The molecule has 2 nitrogen and oxygen atoms in total. The maximum absolute atomic E-state index is 5.89. The monoisotopic (exact) mass is 235 g/mol. The quantitative estimate of drug-likeness (QED) is 0.787. The number of hydrogen-bond acceptors (Lipinski definition) is 2. The van der Waals surface area contributed by atoms with Gasteiger partial charge in [-0.25, -0.2) is 0 Å². The highest BCUT2D eigenvalue weighted by Crippen LogP contribution is 2.22. The molecule has 96 valence electrons. The van der Waals surface area contributed by atoms with Crippen LogP contribution in [0.1, 0.15) is 44.7 Å². The number of ether oxygens (including phenoxy) is 1. The molecule has 0 saturated heterocycles. The molecule has 1 aromatic rings. The minimum absolute atomic E-state index is 0.177. The molecule has 1 atom stereocenters. The lowest BCUT2D eigenvalue weighted by atomic mass is 10.0. The van der Waals surface area contributed by atoms with Crippen LogP contribution >= 0.6 is 0 Å². The molecule has 0 spiro atoms. The summed E-state index contributed by atoms with van der Waals surface area (Å²) in [4.78, 5) is 0. The molecule has 1 rings (SSSR count). The van der Waals surface area contributed by atoms with Crippen LogP contribution in [0.2, 0.25) is 0 Å². The van der Waals surface area contributed by atoms with Gasteiger partial charge in [-0.05, 0) is 43.4 Å². The zero-order valence-corrected chi connectivity index (χ0v) is 11.3. The molecule has 0 aliphatic carbocycles. The van der Waals surface area contributed by atoms with E-state index in [1.807, 2.05) is 6.92 Å². The van der Waals surface area contributed by atoms with Crippen LogP contribution < -0.4 is 10.5 Å². The third-order valence-electron chi connectivity index (χ3n) is 2.67. The standard InChI is InChI=1S/C15H25NO/c1-4-6-13-7-8-15(17-9-5-2)14(11-13)10-12(3)16/h7-8,11-12H,4-6,9-10,16H2,1-3H3. The average Bonchev–Trinajstić information content (AvgIpc) is 2.28. The minimum Gasteiger partial charge on any atom is -0.493 e. The second kappa shape index (κ2) is 7.33. The van der Waals surface area contributed by atoms with E-state index >= 15 is 0 Å². The first-order chi connectivity index (χ1) is 8.17. The third kappa shape index (κ3) is 4.78. The van der Waals surface area contributed by atoms with Crippen molar-refractivity contribution in [2.75, 3.05) is 6.61 Å². The van der Waals surface area contributed by atoms with E-state index in [0.717, 1.165) is 31.6 Å². The lowest BCUT2D eigenvalue weighted by molar-refractivity contribution is 0.313. The highest BCUT2D eigenvalue weighted by molar-refractivity contribution is 5.38. The van der Waals surface area contributed by atoms with Gasteiger partial charge in [0.2, 0.25) is 0 Å². The van der Waals surface area contributed by atoms with E-state index in [-0.39, 0.29) is 6.04 Å². The minimum atomic E-state index is 0.177. The third-order valence-corrected chi connectivity index (χ3v) is 2.67. The Kier molecular flexibility index (Phi) is 6.06. The van der Waals surface area contributed by atoms with Gasteiger partial charge in [-0.1, -0.05) is 32.4 Å². The van der Waals surface area contributed by atoms with E-state index in [2.05, 4.69) is 32.0 Å². The molecule has 0 heterocycles. The van der Waals surface area contributed by atoms with E-state index in [1.54, 1.807) is 0 Å². The summed E-state index contributed by atoms with van der Waals surface area (Å²) >= 11 is 0. The summed E-state index contributed by atoms with van der Waals surface area (Å²) in [6.07, 6.45) is 4.22. The molecule has 0 radical (unpaired) electrons. The van der Waals surface area contributed by atoms with Gasteiger partial charge in [-0.2, -0.15) is 0 Å². The Hall–Kier alpha value is -1.02. The Morgan fingerprint density at radius 1 is 1.24 bits per heavy atom. The van der Waals surface area contributed by atoms with Crippen LogP contribution in [0.4, 0.5) is 0 Å². The molecule has 0 saturated carbocycles. The lowest BCUT2D eigenvalue weighted by Crippen LogP contribution is -2.18. The zero-order chi connectivity index (χ0) is 12.7. The van der Waals surface area contributed by atoms with Gasteiger partial charge >= 0.3 is 0 Å². The molecular weight excluding hydrogens is 210 g/mol. The van der Waals surface area contributed by atoms with E-state index in [1.165, 1.54) is 17.5 Å². The molecule has 0 amide bonds. The highest BCUT2D eigenvalue weighted by Gasteiger charge is 2.07. The zero-order valence-electron chi connectivity index (χ0n) is 11.3. The van der Waals surface area contributed by atoms with E-state index in [0.29, 0.717) is 0 Å². The van der Waals surface area contributed by atoms with Crippen molar-refractivity contribution < 1.29 is 4.74 Å². The van der Waals surface area contributed by atoms with Gasteiger partial charge < -0.3 is 10.5 Å². The van der Waals surface area contributed by atoms with Gasteiger partial charge in [0, 0.05) is 6.04 Å². The fourth-order valence-corrected chi connectivity index (χ4v) is 1.94. The Bertz CT molecular complexity index is 334. The van der Waals surface area contributed by atoms with Crippen LogP contribution in [0.15, 0.2) is 18.2 Å². The summed E-state index contributed by atoms with van der Waals surface area (Å²) in [5.74, 6) is 1.00. The van der Waals surface area contributed by atoms with Gasteiger partial charge in [-0.3, -0.25) is 0 Å². The second-order valence-corrected chi connectivity index (χ2v) is 4.72. The van der Waals surface area contributed by atoms with Crippen molar-refractivity contribution in [1.29, 1.82) is 0 Å². The van der Waals surface area contributed by atoms with Crippen molar-refractivity contribution in [3.63, 3.8) is 0 Å². The predicted octanol–water partition coefficient (Wildman–Crippen LogP) is 3.32. The summed E-state index contributed by atoms with van der Waals surface area (Å²) < 4.78 is 5.76. The summed E-state index contributed by atoms with van der Waals surface area (Å²) in [7, 11) is 0. The summed E-state index contributed by atoms with van der Waals surface area (Å²) in [6, 6.07) is 6.69. The van der Waals surface area contributed by atoms with Crippen LogP contribution in [0.3, 0.4) is 0 Å². The molecule has 1 unspecified atom stereocenters. The molecule has 0 aliphatic heterocycles. The number of benzene rings is 1. The fraction of sp³-hybridized carbons (Fsp3) is 0.600. The topological polar surface area (TPSA) is 35.2 Å². The molecule has 0 aromatic heterocycles. The van der Waals surface area contributed by atoms with Crippen LogP contribution in [0, 0.1) is 0 Å². The van der Waals surface area contributed by atoms with Gasteiger partial charge in [0.25, 0.3) is 0 Å². The SMILES string of the molecule is CCCOc1ccc(CCC)cc1CC(C)N. The number of hydrogen-bond donors (Lipinski definition) is 1. The first-order valence-corrected chi connectivity index (χ1v) is 6.67. The van der Waals surface area contributed by atoms with Crippen molar-refractivity contribution in [3.05, 3.63) is 29.3 Å². The largest absolute Gasteiger partial charge is 0.493 e. The molecule has 0 aliphatic rings. The molecule has 0 bridgehead atoms. The molecule has 2 N–H and O–H groups in total. The average molecular weight is 235 g/mol. The number of rotatable bonds is 7. The van der Waals surface area contributed by atoms with E-state index in [4.69, 9.17) is 10.5 Å². The van der Waals surface area contributed by atoms with Gasteiger partial charge in [-0.15, -0.1) is 0 Å². The van der Waals surface area contributed by atoms with Crippen LogP contribution in [-0.2, 0) is 12.8 Å². The Balaban J connectivity index is 2.86. The van der Waals surface area contributed by atoms with Crippen LogP contribution in [0.5, 0.6) is 5.75 Å². The lowest BCUT2D eigenvalue weighted by Gasteiger charge is -2.14. The van der Waals surface area contributed by atoms with Crippen molar-refractivity contribution in [3.8, 4) is 5.75 Å². The molecular formula is C15H25NO. The molecule has 2 heteroatoms. The van der Waals surface area contributed by atoms with Crippen LogP contribution in [0.25, 0.3) is 0 Å². The first kappa shape index (κ1) is 14.0. The second-order valence-electron chi connectivity index (χ2n) is 4.72. The van der Waals surface area contributed by atoms with Crippen molar-refractivity contribution in [2.45, 2.75) is 52.5 Å². The number of aryl methyl sites for hydroxylation is 1. The van der Waals surface area contributed by atoms with Crippen molar-refractivity contribution in [2.24, 2.45) is 5.73 Å². The van der Waals surface area contributed by atoms with Crippen molar-refractivity contribution >= 4 is 0 Å². The van der Waals surface area contributed by atoms with Crippen LogP contribution in [-0.4, -0.2) is 12.6 Å².